The van der Waals surface area contributed by atoms with Crippen LogP contribution in [0.25, 0.3) is 0 Å². The van der Waals surface area contributed by atoms with E-state index in [2.05, 4.69) is 19.2 Å². The molecule has 0 aliphatic heterocycles. The topological polar surface area (TPSA) is 64.3 Å². The number of nitrogens with one attached hydrogen (secondary N) is 1. The van der Waals surface area contributed by atoms with E-state index in [9.17, 15) is 4.79 Å². The number of carbonyl (C=O) groups is 1. The Balaban J connectivity index is 1.92. The molecule has 17 heavy (non-hydrogen) atoms. The Kier molecular flexibility index (Phi) is 6.52. The van der Waals surface area contributed by atoms with Crippen LogP contribution in [0.1, 0.15) is 39.5 Å². The molecule has 0 spiro atoms. The van der Waals surface area contributed by atoms with Crippen LogP contribution in [0.5, 0.6) is 0 Å². The predicted octanol–water partition coefficient (Wildman–Crippen LogP) is 1.29. The Labute approximate surface area is 104 Å². The summed E-state index contributed by atoms with van der Waals surface area (Å²) in [6, 6.07) is -0.320. The largest absolute Gasteiger partial charge is 0.381 e. The number of nitrogens with two attached hydrogens (primary N) is 1. The molecule has 0 aromatic heterocycles. The van der Waals surface area contributed by atoms with Gasteiger partial charge in [-0.3, -0.25) is 4.79 Å². The smallest absolute Gasteiger partial charge is 0.236 e. The third kappa shape index (κ3) is 7.34. The molecular weight excluding hydrogens is 216 g/mol. The van der Waals surface area contributed by atoms with E-state index in [-0.39, 0.29) is 11.9 Å². The normalized spacial score (nSPS) is 17.2. The minimum absolute atomic E-state index is 0.0132. The zero-order valence-corrected chi connectivity index (χ0v) is 11.1. The SMILES string of the molecule is CC(C)COCCCNC(=O)[C@@H](N)CC1CC1. The van der Waals surface area contributed by atoms with Crippen LogP contribution in [0.15, 0.2) is 0 Å². The number of rotatable bonds is 9. The minimum Gasteiger partial charge on any atom is -0.381 e. The van der Waals surface area contributed by atoms with Gasteiger partial charge in [-0.2, -0.15) is 0 Å². The number of hydrogen-bond acceptors (Lipinski definition) is 3. The van der Waals surface area contributed by atoms with E-state index in [1.165, 1.54) is 12.8 Å². The standard InChI is InChI=1S/C13H26N2O2/c1-10(2)9-17-7-3-6-15-13(16)12(14)8-11-4-5-11/h10-12H,3-9,14H2,1-2H3,(H,15,16)/t12-/m0/s1. The molecule has 0 saturated heterocycles. The van der Waals surface area contributed by atoms with Crippen LogP contribution in [0.4, 0.5) is 0 Å². The molecule has 1 atom stereocenters. The van der Waals surface area contributed by atoms with Crippen molar-refractivity contribution >= 4 is 5.91 Å². The molecule has 0 unspecified atom stereocenters. The van der Waals surface area contributed by atoms with Gasteiger partial charge in [0.15, 0.2) is 0 Å². The summed E-state index contributed by atoms with van der Waals surface area (Å²) >= 11 is 0. The first-order valence-corrected chi connectivity index (χ1v) is 6.70. The van der Waals surface area contributed by atoms with Crippen molar-refractivity contribution in [1.82, 2.24) is 5.32 Å². The fourth-order valence-corrected chi connectivity index (χ4v) is 1.66. The first-order chi connectivity index (χ1) is 8.09. The van der Waals surface area contributed by atoms with Crippen molar-refractivity contribution in [2.45, 2.75) is 45.6 Å². The Morgan fingerprint density at radius 2 is 2.18 bits per heavy atom. The van der Waals surface area contributed by atoms with Crippen molar-refractivity contribution in [1.29, 1.82) is 0 Å². The van der Waals surface area contributed by atoms with Gasteiger partial charge in [0.2, 0.25) is 5.91 Å². The van der Waals surface area contributed by atoms with Gasteiger partial charge in [0.05, 0.1) is 6.04 Å². The Bertz CT molecular complexity index is 227. The van der Waals surface area contributed by atoms with E-state index in [1.54, 1.807) is 0 Å². The molecule has 1 aliphatic carbocycles. The van der Waals surface area contributed by atoms with E-state index in [0.29, 0.717) is 25.0 Å². The summed E-state index contributed by atoms with van der Waals surface area (Å²) in [6.45, 7) is 6.40. The minimum atomic E-state index is -0.320. The molecule has 100 valence electrons. The lowest BCUT2D eigenvalue weighted by atomic mass is 10.1. The van der Waals surface area contributed by atoms with Gasteiger partial charge >= 0.3 is 0 Å². The first-order valence-electron chi connectivity index (χ1n) is 6.70. The average molecular weight is 242 g/mol. The van der Waals surface area contributed by atoms with Gasteiger partial charge in [0.1, 0.15) is 0 Å². The zero-order valence-electron chi connectivity index (χ0n) is 11.1. The van der Waals surface area contributed by atoms with Crippen molar-refractivity contribution in [2.24, 2.45) is 17.6 Å². The maximum absolute atomic E-state index is 11.6. The fourth-order valence-electron chi connectivity index (χ4n) is 1.66. The van der Waals surface area contributed by atoms with Crippen LogP contribution in [0.2, 0.25) is 0 Å². The first kappa shape index (κ1) is 14.5. The molecule has 0 heterocycles. The maximum atomic E-state index is 11.6. The van der Waals surface area contributed by atoms with E-state index in [1.807, 2.05) is 0 Å². The van der Waals surface area contributed by atoms with Crippen molar-refractivity contribution in [3.63, 3.8) is 0 Å². The predicted molar refractivity (Wildman–Crippen MR) is 68.6 cm³/mol. The Morgan fingerprint density at radius 3 is 2.76 bits per heavy atom. The molecule has 1 amide bonds. The van der Waals surface area contributed by atoms with Gasteiger partial charge in [-0.15, -0.1) is 0 Å². The summed E-state index contributed by atoms with van der Waals surface area (Å²) in [5.74, 6) is 1.25. The Morgan fingerprint density at radius 1 is 1.47 bits per heavy atom. The van der Waals surface area contributed by atoms with Gasteiger partial charge < -0.3 is 15.8 Å². The molecular formula is C13H26N2O2. The molecule has 0 aromatic carbocycles. The molecule has 3 N–H and O–H groups in total. The second kappa shape index (κ2) is 7.67. The summed E-state index contributed by atoms with van der Waals surface area (Å²) in [5.41, 5.74) is 5.80. The van der Waals surface area contributed by atoms with Crippen LogP contribution in [-0.4, -0.2) is 31.7 Å². The molecule has 4 heteroatoms. The van der Waals surface area contributed by atoms with Gasteiger partial charge in [-0.05, 0) is 24.7 Å². The lowest BCUT2D eigenvalue weighted by Gasteiger charge is -2.12. The van der Waals surface area contributed by atoms with Crippen molar-refractivity contribution < 1.29 is 9.53 Å². The van der Waals surface area contributed by atoms with E-state index in [4.69, 9.17) is 10.5 Å². The zero-order chi connectivity index (χ0) is 12.7. The second-order valence-corrected chi connectivity index (χ2v) is 5.40. The summed E-state index contributed by atoms with van der Waals surface area (Å²) in [7, 11) is 0. The summed E-state index contributed by atoms with van der Waals surface area (Å²) in [4.78, 5) is 11.6. The molecule has 0 bridgehead atoms. The quantitative estimate of drug-likeness (QED) is 0.599. The van der Waals surface area contributed by atoms with Crippen LogP contribution < -0.4 is 11.1 Å². The van der Waals surface area contributed by atoms with E-state index in [0.717, 1.165) is 19.4 Å². The number of hydrogen-bond donors (Lipinski definition) is 2. The molecule has 0 radical (unpaired) electrons. The van der Waals surface area contributed by atoms with Crippen LogP contribution in [0.3, 0.4) is 0 Å². The van der Waals surface area contributed by atoms with Crippen molar-refractivity contribution in [2.75, 3.05) is 19.8 Å². The van der Waals surface area contributed by atoms with Gasteiger partial charge in [-0.1, -0.05) is 26.7 Å². The molecule has 1 aliphatic rings. The molecule has 1 saturated carbocycles. The molecule has 0 aromatic rings. The van der Waals surface area contributed by atoms with Crippen molar-refractivity contribution in [3.8, 4) is 0 Å². The van der Waals surface area contributed by atoms with Crippen LogP contribution in [-0.2, 0) is 9.53 Å². The monoisotopic (exact) mass is 242 g/mol. The molecule has 1 rings (SSSR count). The summed E-state index contributed by atoms with van der Waals surface area (Å²) in [5, 5.41) is 2.86. The third-order valence-electron chi connectivity index (χ3n) is 2.84. The fraction of sp³-hybridized carbons (Fsp3) is 0.923. The number of amides is 1. The summed E-state index contributed by atoms with van der Waals surface area (Å²) < 4.78 is 5.43. The van der Waals surface area contributed by atoms with Gasteiger partial charge in [-0.25, -0.2) is 0 Å². The van der Waals surface area contributed by atoms with Gasteiger partial charge in [0.25, 0.3) is 0 Å². The second-order valence-electron chi connectivity index (χ2n) is 5.40. The maximum Gasteiger partial charge on any atom is 0.236 e. The highest BCUT2D eigenvalue weighted by Crippen LogP contribution is 2.33. The van der Waals surface area contributed by atoms with Crippen LogP contribution >= 0.6 is 0 Å². The van der Waals surface area contributed by atoms with Crippen molar-refractivity contribution in [3.05, 3.63) is 0 Å². The highest BCUT2D eigenvalue weighted by atomic mass is 16.5. The highest BCUT2D eigenvalue weighted by molar-refractivity contribution is 5.81. The average Bonchev–Trinajstić information content (AvgIpc) is 3.06. The molecule has 4 nitrogen and oxygen atoms in total. The van der Waals surface area contributed by atoms with E-state index < -0.39 is 0 Å². The number of ether oxygens (including phenoxy) is 1. The van der Waals surface area contributed by atoms with Gasteiger partial charge in [0, 0.05) is 19.8 Å². The highest BCUT2D eigenvalue weighted by Gasteiger charge is 2.26. The molecule has 1 fully saturated rings. The summed E-state index contributed by atoms with van der Waals surface area (Å²) in [6.07, 6.45) is 4.18. The lowest BCUT2D eigenvalue weighted by molar-refractivity contribution is -0.122. The van der Waals surface area contributed by atoms with Crippen LogP contribution in [0, 0.1) is 11.8 Å². The lowest BCUT2D eigenvalue weighted by Crippen LogP contribution is -2.41. The van der Waals surface area contributed by atoms with E-state index >= 15 is 0 Å². The number of carbonyl (C=O) groups excluding carboxylic acids is 1. The Hall–Kier alpha value is -0.610. The third-order valence-corrected chi connectivity index (χ3v) is 2.84.